The summed E-state index contributed by atoms with van der Waals surface area (Å²) in [5.41, 5.74) is -3.50. The van der Waals surface area contributed by atoms with Gasteiger partial charge in [-0.3, -0.25) is 9.68 Å². The number of aliphatic hydroxyl groups is 1. The van der Waals surface area contributed by atoms with Crippen LogP contribution in [0.3, 0.4) is 0 Å². The number of likely N-dealkylation sites (tertiary alicyclic amines) is 1. The van der Waals surface area contributed by atoms with Crippen molar-refractivity contribution < 1.29 is 37.6 Å². The van der Waals surface area contributed by atoms with Crippen LogP contribution < -0.4 is 4.89 Å². The zero-order chi connectivity index (χ0) is 23.6. The maximum Gasteiger partial charge on any atom is 0.416 e. The zero-order valence-corrected chi connectivity index (χ0v) is 17.7. The summed E-state index contributed by atoms with van der Waals surface area (Å²) in [5.74, 6) is -0.861. The SMILES string of the molecule is CC(C)(C(=O)OOc1ccccc1)C1(O)CCN(C(=O)c2ccc(C(F)(F)F)cc2)CC1. The Balaban J connectivity index is 1.61. The van der Waals surface area contributed by atoms with Gasteiger partial charge in [0.05, 0.1) is 16.6 Å². The number of carbonyl (C=O) groups excluding carboxylic acids is 2. The largest absolute Gasteiger partial charge is 0.416 e. The van der Waals surface area contributed by atoms with Crippen molar-refractivity contribution in [2.75, 3.05) is 13.1 Å². The van der Waals surface area contributed by atoms with E-state index in [-0.39, 0.29) is 31.5 Å². The Bertz CT molecular complexity index is 950. The van der Waals surface area contributed by atoms with E-state index >= 15 is 0 Å². The van der Waals surface area contributed by atoms with Gasteiger partial charge in [-0.05, 0) is 63.1 Å². The number of halogens is 3. The molecule has 3 rings (SSSR count). The normalized spacial score (nSPS) is 16.4. The fraction of sp³-hybridized carbons (Fsp3) is 0.391. The van der Waals surface area contributed by atoms with Crippen molar-refractivity contribution in [1.82, 2.24) is 4.90 Å². The molecule has 1 N–H and O–H groups in total. The predicted molar refractivity (Wildman–Crippen MR) is 108 cm³/mol. The van der Waals surface area contributed by atoms with Crippen LogP contribution in [0, 0.1) is 5.41 Å². The van der Waals surface area contributed by atoms with Gasteiger partial charge in [0.1, 0.15) is 0 Å². The Kier molecular flexibility index (Phi) is 6.50. The molecule has 0 spiro atoms. The number of hydrogen-bond donors (Lipinski definition) is 1. The molecule has 9 heteroatoms. The van der Waals surface area contributed by atoms with Crippen LogP contribution in [-0.2, 0) is 15.9 Å². The lowest BCUT2D eigenvalue weighted by Gasteiger charge is -2.45. The van der Waals surface area contributed by atoms with Crippen LogP contribution in [0.1, 0.15) is 42.6 Å². The highest BCUT2D eigenvalue weighted by molar-refractivity contribution is 5.94. The second-order valence-electron chi connectivity index (χ2n) is 8.29. The predicted octanol–water partition coefficient (Wildman–Crippen LogP) is 4.24. The van der Waals surface area contributed by atoms with E-state index in [1.165, 1.54) is 18.7 Å². The van der Waals surface area contributed by atoms with Crippen molar-refractivity contribution in [2.24, 2.45) is 5.41 Å². The summed E-state index contributed by atoms with van der Waals surface area (Å²) in [6.07, 6.45) is -4.30. The number of rotatable bonds is 5. The average Bonchev–Trinajstić information content (AvgIpc) is 2.77. The van der Waals surface area contributed by atoms with E-state index in [9.17, 15) is 27.9 Å². The molecule has 0 radical (unpaired) electrons. The van der Waals surface area contributed by atoms with Crippen molar-refractivity contribution >= 4 is 11.9 Å². The molecule has 0 aromatic heterocycles. The van der Waals surface area contributed by atoms with Gasteiger partial charge in [-0.1, -0.05) is 18.2 Å². The molecule has 0 aliphatic carbocycles. The molecule has 0 atom stereocenters. The number of amides is 1. The van der Waals surface area contributed by atoms with Crippen LogP contribution in [0.4, 0.5) is 13.2 Å². The lowest BCUT2D eigenvalue weighted by molar-refractivity contribution is -0.238. The number of hydrogen-bond acceptors (Lipinski definition) is 5. The molecule has 1 aliphatic heterocycles. The van der Waals surface area contributed by atoms with Crippen LogP contribution in [0.15, 0.2) is 54.6 Å². The molecule has 1 amide bonds. The quantitative estimate of drug-likeness (QED) is 0.544. The Morgan fingerprint density at radius 1 is 0.969 bits per heavy atom. The molecule has 6 nitrogen and oxygen atoms in total. The molecule has 1 aliphatic rings. The Hall–Kier alpha value is -3.07. The van der Waals surface area contributed by atoms with E-state index in [1.54, 1.807) is 30.3 Å². The van der Waals surface area contributed by atoms with Crippen molar-refractivity contribution in [3.8, 4) is 5.75 Å². The molecule has 1 fully saturated rings. The summed E-state index contributed by atoms with van der Waals surface area (Å²) in [6, 6.07) is 12.4. The van der Waals surface area contributed by atoms with E-state index < -0.39 is 34.6 Å². The standard InChI is InChI=1S/C23H24F3NO5/c1-21(2,20(29)32-31-18-6-4-3-5-7-18)22(30)12-14-27(15-13-22)19(28)16-8-10-17(11-9-16)23(24,25)26/h3-11,30H,12-15H2,1-2H3. The van der Waals surface area contributed by atoms with Gasteiger partial charge in [0.15, 0.2) is 5.75 Å². The van der Waals surface area contributed by atoms with Gasteiger partial charge in [-0.15, -0.1) is 0 Å². The highest BCUT2D eigenvalue weighted by atomic mass is 19.4. The summed E-state index contributed by atoms with van der Waals surface area (Å²) in [6.45, 7) is 3.34. The Morgan fingerprint density at radius 2 is 1.53 bits per heavy atom. The molecular weight excluding hydrogens is 427 g/mol. The van der Waals surface area contributed by atoms with E-state index in [4.69, 9.17) is 9.78 Å². The third-order valence-corrected chi connectivity index (χ3v) is 5.97. The summed E-state index contributed by atoms with van der Waals surface area (Å²) in [4.78, 5) is 36.7. The van der Waals surface area contributed by atoms with Gasteiger partial charge in [0.25, 0.3) is 5.91 Å². The Morgan fingerprint density at radius 3 is 2.06 bits per heavy atom. The summed E-state index contributed by atoms with van der Waals surface area (Å²) in [5, 5.41) is 11.1. The van der Waals surface area contributed by atoms with Crippen LogP contribution in [0.25, 0.3) is 0 Å². The second-order valence-corrected chi connectivity index (χ2v) is 8.29. The highest BCUT2D eigenvalue weighted by Gasteiger charge is 2.52. The van der Waals surface area contributed by atoms with Gasteiger partial charge < -0.3 is 10.0 Å². The number of nitrogens with zero attached hydrogens (tertiary/aromatic N) is 1. The number of para-hydroxylation sites is 1. The van der Waals surface area contributed by atoms with Gasteiger partial charge in [-0.25, -0.2) is 9.68 Å². The van der Waals surface area contributed by atoms with Crippen LogP contribution in [-0.4, -0.2) is 40.6 Å². The van der Waals surface area contributed by atoms with Crippen LogP contribution >= 0.6 is 0 Å². The summed E-state index contributed by atoms with van der Waals surface area (Å²) >= 11 is 0. The fourth-order valence-electron chi connectivity index (χ4n) is 3.55. The molecule has 1 saturated heterocycles. The first kappa shape index (κ1) is 23.6. The molecule has 172 valence electrons. The first-order valence-electron chi connectivity index (χ1n) is 10.1. The topological polar surface area (TPSA) is 76.1 Å². The van der Waals surface area contributed by atoms with Crippen LogP contribution in [0.2, 0.25) is 0 Å². The molecular formula is C23H24F3NO5. The van der Waals surface area contributed by atoms with Crippen molar-refractivity contribution in [3.63, 3.8) is 0 Å². The lowest BCUT2D eigenvalue weighted by Crippen LogP contribution is -2.57. The first-order chi connectivity index (χ1) is 14.9. The monoisotopic (exact) mass is 451 g/mol. The number of benzene rings is 2. The third kappa shape index (κ3) is 4.88. The highest BCUT2D eigenvalue weighted by Crippen LogP contribution is 2.40. The number of alkyl halides is 3. The minimum Gasteiger partial charge on any atom is -0.389 e. The van der Waals surface area contributed by atoms with E-state index in [0.717, 1.165) is 24.3 Å². The molecule has 0 bridgehead atoms. The van der Waals surface area contributed by atoms with Gasteiger partial charge in [0, 0.05) is 18.7 Å². The minimum atomic E-state index is -4.48. The molecule has 32 heavy (non-hydrogen) atoms. The lowest BCUT2D eigenvalue weighted by atomic mass is 9.69. The summed E-state index contributed by atoms with van der Waals surface area (Å²) < 4.78 is 38.2. The molecule has 2 aromatic carbocycles. The smallest absolute Gasteiger partial charge is 0.389 e. The summed E-state index contributed by atoms with van der Waals surface area (Å²) in [7, 11) is 0. The average molecular weight is 451 g/mol. The zero-order valence-electron chi connectivity index (χ0n) is 17.7. The second kappa shape index (κ2) is 8.82. The van der Waals surface area contributed by atoms with E-state index in [1.807, 2.05) is 0 Å². The molecule has 0 saturated carbocycles. The molecule has 2 aromatic rings. The van der Waals surface area contributed by atoms with Crippen molar-refractivity contribution in [2.45, 2.75) is 38.5 Å². The van der Waals surface area contributed by atoms with E-state index in [2.05, 4.69) is 0 Å². The van der Waals surface area contributed by atoms with Gasteiger partial charge in [-0.2, -0.15) is 13.2 Å². The number of carbonyl (C=O) groups is 2. The van der Waals surface area contributed by atoms with Crippen molar-refractivity contribution in [3.05, 3.63) is 65.7 Å². The van der Waals surface area contributed by atoms with Crippen molar-refractivity contribution in [1.29, 1.82) is 0 Å². The third-order valence-electron chi connectivity index (χ3n) is 5.97. The van der Waals surface area contributed by atoms with Gasteiger partial charge >= 0.3 is 12.1 Å². The molecule has 1 heterocycles. The van der Waals surface area contributed by atoms with E-state index in [0.29, 0.717) is 5.75 Å². The fourth-order valence-corrected chi connectivity index (χ4v) is 3.55. The maximum absolute atomic E-state index is 12.7. The Labute approximate surface area is 183 Å². The molecule has 0 unspecified atom stereocenters. The number of piperidine rings is 1. The minimum absolute atomic E-state index is 0.0901. The maximum atomic E-state index is 12.7. The first-order valence-corrected chi connectivity index (χ1v) is 10.1. The van der Waals surface area contributed by atoms with Crippen LogP contribution in [0.5, 0.6) is 5.75 Å². The van der Waals surface area contributed by atoms with Gasteiger partial charge in [0.2, 0.25) is 0 Å².